The summed E-state index contributed by atoms with van der Waals surface area (Å²) in [6.07, 6.45) is -7.25. The molecule has 35 heavy (non-hydrogen) atoms. The molecule has 0 fully saturated rings. The Balaban J connectivity index is 2.13. The van der Waals surface area contributed by atoms with E-state index in [0.29, 0.717) is 13.0 Å². The van der Waals surface area contributed by atoms with E-state index in [1.54, 1.807) is 0 Å². The maximum absolute atomic E-state index is 15.0. The second kappa shape index (κ2) is 10.0. The number of nitrogens with two attached hydrogens (primary N) is 1. The van der Waals surface area contributed by atoms with E-state index in [9.17, 15) is 27.2 Å². The lowest BCUT2D eigenvalue weighted by molar-refractivity contribution is -0.189. The van der Waals surface area contributed by atoms with Gasteiger partial charge in [-0.1, -0.05) is 29.3 Å². The molecule has 1 aromatic heterocycles. The van der Waals surface area contributed by atoms with Crippen LogP contribution in [0.4, 0.5) is 27.6 Å². The number of halogens is 7. The van der Waals surface area contributed by atoms with Crippen molar-refractivity contribution < 1.29 is 36.3 Å². The molecule has 1 atom stereocenters. The molecule has 3 N–H and O–H groups in total. The summed E-state index contributed by atoms with van der Waals surface area (Å²) in [6.45, 7) is 0.671. The van der Waals surface area contributed by atoms with Crippen LogP contribution in [-0.2, 0) is 0 Å². The van der Waals surface area contributed by atoms with Crippen molar-refractivity contribution in [2.75, 3.05) is 5.32 Å². The molecule has 3 aromatic rings. The Morgan fingerprint density at radius 3 is 2.34 bits per heavy atom. The van der Waals surface area contributed by atoms with Gasteiger partial charge in [-0.25, -0.2) is 13.8 Å². The first-order chi connectivity index (χ1) is 16.3. The summed E-state index contributed by atoms with van der Waals surface area (Å²) in [5, 5.41) is 1.76. The highest BCUT2D eigenvalue weighted by atomic mass is 35.5. The number of primary amides is 1. The van der Waals surface area contributed by atoms with Gasteiger partial charge in [0, 0.05) is 5.56 Å². The summed E-state index contributed by atoms with van der Waals surface area (Å²) in [6, 6.07) is 7.24. The molecule has 6 nitrogen and oxygen atoms in total. The Labute approximate surface area is 204 Å². The van der Waals surface area contributed by atoms with Crippen molar-refractivity contribution >= 4 is 40.7 Å². The van der Waals surface area contributed by atoms with E-state index in [0.717, 1.165) is 12.1 Å². The topological polar surface area (TPSA) is 94.3 Å². The first-order valence-corrected chi connectivity index (χ1v) is 10.3. The van der Waals surface area contributed by atoms with Crippen molar-refractivity contribution in [2.45, 2.75) is 19.2 Å². The van der Waals surface area contributed by atoms with Crippen molar-refractivity contribution in [3.63, 3.8) is 0 Å². The fourth-order valence-corrected chi connectivity index (χ4v) is 3.25. The van der Waals surface area contributed by atoms with E-state index in [4.69, 9.17) is 33.7 Å². The Hall–Kier alpha value is -3.44. The van der Waals surface area contributed by atoms with Crippen molar-refractivity contribution in [2.24, 2.45) is 5.73 Å². The van der Waals surface area contributed by atoms with Crippen LogP contribution in [0.15, 0.2) is 42.5 Å². The van der Waals surface area contributed by atoms with E-state index in [1.807, 2.05) is 0 Å². The van der Waals surface area contributed by atoms with E-state index >= 15 is 4.39 Å². The van der Waals surface area contributed by atoms with E-state index in [1.165, 1.54) is 24.3 Å². The number of anilines is 1. The summed E-state index contributed by atoms with van der Waals surface area (Å²) in [4.78, 5) is 28.2. The lowest BCUT2D eigenvalue weighted by Gasteiger charge is -2.21. The smallest absolute Gasteiger partial charge is 0.425 e. The third-order valence-electron chi connectivity index (χ3n) is 4.64. The number of hydrogen-bond donors (Lipinski definition) is 2. The molecule has 184 valence electrons. The second-order valence-corrected chi connectivity index (χ2v) is 7.89. The fourth-order valence-electron chi connectivity index (χ4n) is 2.84. The van der Waals surface area contributed by atoms with Crippen LogP contribution >= 0.6 is 23.2 Å². The number of carbonyl (C=O) groups is 2. The van der Waals surface area contributed by atoms with E-state index < -0.39 is 64.0 Å². The Kier molecular flexibility index (Phi) is 7.51. The van der Waals surface area contributed by atoms with Gasteiger partial charge in [-0.15, -0.1) is 0 Å². The largest absolute Gasteiger partial charge is 0.480 e. The summed E-state index contributed by atoms with van der Waals surface area (Å²) < 4.78 is 73.5. The number of aromatic nitrogens is 1. The molecule has 1 heterocycles. The third kappa shape index (κ3) is 5.80. The first kappa shape index (κ1) is 26.2. The van der Waals surface area contributed by atoms with Crippen molar-refractivity contribution in [3.05, 3.63) is 75.4 Å². The quantitative estimate of drug-likeness (QED) is 0.379. The summed E-state index contributed by atoms with van der Waals surface area (Å²) in [5.74, 6) is -4.98. The van der Waals surface area contributed by atoms with Crippen LogP contribution in [0.25, 0.3) is 11.3 Å². The van der Waals surface area contributed by atoms with Gasteiger partial charge < -0.3 is 15.8 Å². The lowest BCUT2D eigenvalue weighted by Crippen LogP contribution is -2.32. The molecule has 0 saturated heterocycles. The predicted molar refractivity (Wildman–Crippen MR) is 119 cm³/mol. The number of rotatable bonds is 6. The molecule has 0 unspecified atom stereocenters. The third-order valence-corrected chi connectivity index (χ3v) is 5.26. The zero-order valence-corrected chi connectivity index (χ0v) is 19.0. The average Bonchev–Trinajstić information content (AvgIpc) is 2.76. The van der Waals surface area contributed by atoms with Crippen LogP contribution in [0.2, 0.25) is 10.0 Å². The predicted octanol–water partition coefficient (Wildman–Crippen LogP) is 6.01. The standard InChI is InChI=1S/C22H14Cl2F5N3O3/c1-9(22(27,28)29)35-17-8-10(16-6-5-13(24)19(31-16)20(30)33)15(26)7-11(17)21(34)32-18-12(23)3-2-4-14(18)25/h2-9H,1H3,(H2,30,33)(H,32,34)/t9-/m0/s1. The number of amides is 2. The highest BCUT2D eigenvalue weighted by molar-refractivity contribution is 6.34. The van der Waals surface area contributed by atoms with Gasteiger partial charge in [-0.3, -0.25) is 9.59 Å². The summed E-state index contributed by atoms with van der Waals surface area (Å²) in [7, 11) is 0. The average molecular weight is 534 g/mol. The molecule has 2 amide bonds. The highest BCUT2D eigenvalue weighted by Gasteiger charge is 2.39. The van der Waals surface area contributed by atoms with E-state index in [2.05, 4.69) is 10.3 Å². The minimum Gasteiger partial charge on any atom is -0.480 e. The minimum atomic E-state index is -4.84. The number of carbonyl (C=O) groups excluding carboxylic acids is 2. The fraction of sp³-hybridized carbons (Fsp3) is 0.136. The van der Waals surface area contributed by atoms with Gasteiger partial charge in [0.25, 0.3) is 11.8 Å². The number of ether oxygens (including phenoxy) is 1. The maximum Gasteiger partial charge on any atom is 0.425 e. The van der Waals surface area contributed by atoms with Gasteiger partial charge in [0.1, 0.15) is 23.1 Å². The van der Waals surface area contributed by atoms with Crippen molar-refractivity contribution in [1.82, 2.24) is 4.98 Å². The van der Waals surface area contributed by atoms with Gasteiger partial charge in [-0.2, -0.15) is 13.2 Å². The van der Waals surface area contributed by atoms with Gasteiger partial charge >= 0.3 is 6.18 Å². The molecule has 0 aliphatic rings. The van der Waals surface area contributed by atoms with Gasteiger partial charge in [0.2, 0.25) is 0 Å². The highest BCUT2D eigenvalue weighted by Crippen LogP contribution is 2.35. The normalized spacial score (nSPS) is 12.2. The van der Waals surface area contributed by atoms with Crippen LogP contribution < -0.4 is 15.8 Å². The summed E-state index contributed by atoms with van der Waals surface area (Å²) in [5.41, 5.74) is 2.96. The molecule has 0 saturated carbocycles. The number of nitrogens with zero attached hydrogens (tertiary/aromatic N) is 1. The van der Waals surface area contributed by atoms with Gasteiger partial charge in [0.05, 0.1) is 27.0 Å². The number of hydrogen-bond acceptors (Lipinski definition) is 4. The number of benzene rings is 2. The molecule has 2 aromatic carbocycles. The molecule has 0 radical (unpaired) electrons. The summed E-state index contributed by atoms with van der Waals surface area (Å²) >= 11 is 11.7. The number of para-hydroxylation sites is 1. The number of pyridine rings is 1. The van der Waals surface area contributed by atoms with Gasteiger partial charge in [0.15, 0.2) is 6.10 Å². The molecule has 0 bridgehead atoms. The minimum absolute atomic E-state index is 0.137. The van der Waals surface area contributed by atoms with Crippen LogP contribution in [0.3, 0.4) is 0 Å². The van der Waals surface area contributed by atoms with Crippen molar-refractivity contribution in [3.8, 4) is 17.0 Å². The van der Waals surface area contributed by atoms with Crippen LogP contribution in [0.1, 0.15) is 27.8 Å². The molecule has 3 rings (SSSR count). The molecule has 0 spiro atoms. The first-order valence-electron chi connectivity index (χ1n) is 9.58. The SMILES string of the molecule is C[C@H](Oc1cc(-c2ccc(Cl)c(C(N)=O)n2)c(F)cc1C(=O)Nc1c(F)cccc1Cl)C(F)(F)F. The monoisotopic (exact) mass is 533 g/mol. The molecule has 0 aliphatic carbocycles. The van der Waals surface area contributed by atoms with Crippen LogP contribution in [-0.4, -0.2) is 29.1 Å². The molecule has 13 heteroatoms. The Morgan fingerprint density at radius 1 is 1.06 bits per heavy atom. The molecule has 0 aliphatic heterocycles. The number of alkyl halides is 3. The number of nitrogens with one attached hydrogen (secondary N) is 1. The zero-order chi connectivity index (χ0) is 26.1. The Morgan fingerprint density at radius 2 is 1.74 bits per heavy atom. The van der Waals surface area contributed by atoms with Crippen LogP contribution in [0, 0.1) is 11.6 Å². The molecular formula is C22H14Cl2F5N3O3. The van der Waals surface area contributed by atoms with Crippen LogP contribution in [0.5, 0.6) is 5.75 Å². The maximum atomic E-state index is 15.0. The lowest BCUT2D eigenvalue weighted by atomic mass is 10.0. The molecular weight excluding hydrogens is 520 g/mol. The van der Waals surface area contributed by atoms with E-state index in [-0.39, 0.29) is 15.7 Å². The Bertz CT molecular complexity index is 1300. The van der Waals surface area contributed by atoms with Crippen molar-refractivity contribution in [1.29, 1.82) is 0 Å². The second-order valence-electron chi connectivity index (χ2n) is 7.07. The zero-order valence-electron chi connectivity index (χ0n) is 17.5. The van der Waals surface area contributed by atoms with Gasteiger partial charge in [-0.05, 0) is 43.3 Å².